The van der Waals surface area contributed by atoms with E-state index in [-0.39, 0.29) is 24.4 Å². The van der Waals surface area contributed by atoms with Gasteiger partial charge >= 0.3 is 5.69 Å². The molecular weight excluding hydrogens is 342 g/mol. The van der Waals surface area contributed by atoms with Crippen molar-refractivity contribution in [2.45, 2.75) is 19.9 Å². The van der Waals surface area contributed by atoms with Gasteiger partial charge in [0.15, 0.2) is 0 Å². The van der Waals surface area contributed by atoms with Crippen molar-refractivity contribution >= 4 is 0 Å². The Labute approximate surface area is 147 Å². The van der Waals surface area contributed by atoms with Crippen molar-refractivity contribution in [2.24, 2.45) is 5.73 Å². The summed E-state index contributed by atoms with van der Waals surface area (Å²) in [6, 6.07) is 7.17. The lowest BCUT2D eigenvalue weighted by atomic mass is 10.1. The van der Waals surface area contributed by atoms with E-state index >= 15 is 0 Å². The van der Waals surface area contributed by atoms with Crippen molar-refractivity contribution in [3.63, 3.8) is 0 Å². The number of nitrogens with one attached hydrogen (secondary N) is 1. The van der Waals surface area contributed by atoms with Crippen molar-refractivity contribution in [1.82, 2.24) is 24.5 Å². The highest BCUT2D eigenvalue weighted by Gasteiger charge is 2.15. The van der Waals surface area contributed by atoms with Crippen LogP contribution in [0.4, 0.5) is 8.78 Å². The fraction of sp³-hybridized carbons (Fsp3) is 0.235. The van der Waals surface area contributed by atoms with Gasteiger partial charge in [-0.2, -0.15) is 19.0 Å². The monoisotopic (exact) mass is 360 g/mol. The van der Waals surface area contributed by atoms with Crippen LogP contribution in [0.15, 0.2) is 53.1 Å². The summed E-state index contributed by atoms with van der Waals surface area (Å²) in [6.07, 6.45) is 1.56. The van der Waals surface area contributed by atoms with E-state index < -0.39 is 11.8 Å². The van der Waals surface area contributed by atoms with Crippen LogP contribution in [0.5, 0.6) is 0 Å². The summed E-state index contributed by atoms with van der Waals surface area (Å²) in [5.74, 6) is 0.171. The van der Waals surface area contributed by atoms with Crippen LogP contribution in [0.25, 0.3) is 16.8 Å². The van der Waals surface area contributed by atoms with E-state index in [1.54, 1.807) is 29.1 Å². The number of rotatable bonds is 6. The zero-order valence-electron chi connectivity index (χ0n) is 14.1. The third kappa shape index (κ3) is 3.47. The third-order valence-corrected chi connectivity index (χ3v) is 4.02. The molecule has 9 heteroatoms. The van der Waals surface area contributed by atoms with Crippen molar-refractivity contribution in [3.8, 4) is 16.8 Å². The number of halogens is 2. The second-order valence-electron chi connectivity index (χ2n) is 5.66. The molecule has 0 unspecified atom stereocenters. The Morgan fingerprint density at radius 2 is 2.12 bits per heavy atom. The molecule has 0 aliphatic carbocycles. The number of aromatic nitrogens is 5. The summed E-state index contributed by atoms with van der Waals surface area (Å²) in [4.78, 5) is 12.2. The molecule has 0 radical (unpaired) electrons. The van der Waals surface area contributed by atoms with E-state index in [9.17, 15) is 13.6 Å². The average molecular weight is 360 g/mol. The summed E-state index contributed by atoms with van der Waals surface area (Å²) >= 11 is 0. The SMILES string of the molecule is CCn1cc(-c2cccc(-n3c(CC(CN)=C(F)F)n[nH]c3=O)c2)cn1. The first kappa shape index (κ1) is 17.7. The van der Waals surface area contributed by atoms with Gasteiger partial charge in [0.25, 0.3) is 6.08 Å². The van der Waals surface area contributed by atoms with E-state index in [1.807, 2.05) is 19.2 Å². The first-order valence-corrected chi connectivity index (χ1v) is 8.06. The lowest BCUT2D eigenvalue weighted by molar-refractivity contribution is 0.407. The van der Waals surface area contributed by atoms with Gasteiger partial charge in [0, 0.05) is 36.8 Å². The fourth-order valence-corrected chi connectivity index (χ4v) is 2.63. The lowest BCUT2D eigenvalue weighted by Gasteiger charge is -2.08. The molecule has 2 aromatic heterocycles. The molecule has 0 atom stereocenters. The van der Waals surface area contributed by atoms with E-state index in [2.05, 4.69) is 15.3 Å². The molecule has 0 spiro atoms. The number of H-pyrrole nitrogens is 1. The molecule has 3 N–H and O–H groups in total. The van der Waals surface area contributed by atoms with Gasteiger partial charge in [0.2, 0.25) is 0 Å². The van der Waals surface area contributed by atoms with E-state index in [0.29, 0.717) is 5.69 Å². The first-order valence-electron chi connectivity index (χ1n) is 8.06. The molecule has 0 fully saturated rings. The number of aryl methyl sites for hydroxylation is 1. The number of benzene rings is 1. The minimum Gasteiger partial charge on any atom is -0.327 e. The summed E-state index contributed by atoms with van der Waals surface area (Å²) in [7, 11) is 0. The largest absolute Gasteiger partial charge is 0.347 e. The van der Waals surface area contributed by atoms with Gasteiger partial charge in [-0.05, 0) is 24.6 Å². The highest BCUT2D eigenvalue weighted by molar-refractivity contribution is 5.64. The van der Waals surface area contributed by atoms with Crippen LogP contribution in [0.1, 0.15) is 12.7 Å². The van der Waals surface area contributed by atoms with Crippen LogP contribution in [0.2, 0.25) is 0 Å². The summed E-state index contributed by atoms with van der Waals surface area (Å²) in [6.45, 7) is 2.42. The second kappa shape index (κ2) is 7.44. The maximum Gasteiger partial charge on any atom is 0.347 e. The van der Waals surface area contributed by atoms with Gasteiger partial charge in [-0.1, -0.05) is 12.1 Å². The number of hydrogen-bond donors (Lipinski definition) is 2. The molecule has 26 heavy (non-hydrogen) atoms. The van der Waals surface area contributed by atoms with Crippen LogP contribution in [0.3, 0.4) is 0 Å². The molecule has 0 bridgehead atoms. The summed E-state index contributed by atoms with van der Waals surface area (Å²) < 4.78 is 28.9. The maximum atomic E-state index is 12.9. The molecule has 136 valence electrons. The van der Waals surface area contributed by atoms with Crippen LogP contribution in [0, 0.1) is 0 Å². The smallest absolute Gasteiger partial charge is 0.327 e. The van der Waals surface area contributed by atoms with Gasteiger partial charge in [-0.3, -0.25) is 4.68 Å². The summed E-state index contributed by atoms with van der Waals surface area (Å²) in [5.41, 5.74) is 6.87. The predicted molar refractivity (Wildman–Crippen MR) is 93.1 cm³/mol. The third-order valence-electron chi connectivity index (χ3n) is 4.02. The van der Waals surface area contributed by atoms with Crippen molar-refractivity contribution < 1.29 is 8.78 Å². The quantitative estimate of drug-likeness (QED) is 0.704. The number of nitrogens with zero attached hydrogens (tertiary/aromatic N) is 4. The zero-order chi connectivity index (χ0) is 18.7. The molecule has 0 saturated heterocycles. The normalized spacial score (nSPS) is 10.9. The zero-order valence-corrected chi connectivity index (χ0v) is 14.1. The van der Waals surface area contributed by atoms with Crippen molar-refractivity contribution in [1.29, 1.82) is 0 Å². The minimum absolute atomic E-state index is 0.171. The van der Waals surface area contributed by atoms with Crippen LogP contribution in [-0.2, 0) is 13.0 Å². The molecule has 3 aromatic rings. The van der Waals surface area contributed by atoms with E-state index in [0.717, 1.165) is 17.7 Å². The highest BCUT2D eigenvalue weighted by Crippen LogP contribution is 2.22. The average Bonchev–Trinajstić information content (AvgIpc) is 3.26. The number of hydrogen-bond acceptors (Lipinski definition) is 4. The number of nitrogens with two attached hydrogens (primary N) is 1. The predicted octanol–water partition coefficient (Wildman–Crippen LogP) is 2.10. The molecule has 0 aliphatic heterocycles. The van der Waals surface area contributed by atoms with Crippen LogP contribution in [-0.4, -0.2) is 31.1 Å². The van der Waals surface area contributed by atoms with Gasteiger partial charge in [0.1, 0.15) is 5.82 Å². The molecule has 7 nitrogen and oxygen atoms in total. The molecule has 0 aliphatic rings. The topological polar surface area (TPSA) is 94.5 Å². The fourth-order valence-electron chi connectivity index (χ4n) is 2.63. The van der Waals surface area contributed by atoms with E-state index in [1.165, 1.54) is 4.57 Å². The molecular formula is C17H18F2N6O. The molecule has 1 aromatic carbocycles. The van der Waals surface area contributed by atoms with Crippen molar-refractivity contribution in [2.75, 3.05) is 6.54 Å². The van der Waals surface area contributed by atoms with Crippen LogP contribution >= 0.6 is 0 Å². The Morgan fingerprint density at radius 1 is 1.31 bits per heavy atom. The Hall–Kier alpha value is -3.07. The second-order valence-corrected chi connectivity index (χ2v) is 5.66. The lowest BCUT2D eigenvalue weighted by Crippen LogP contribution is -2.18. The Kier molecular flexibility index (Phi) is 5.08. The molecule has 0 amide bonds. The minimum atomic E-state index is -1.85. The maximum absolute atomic E-state index is 12.9. The number of aromatic amines is 1. The Balaban J connectivity index is 2.02. The van der Waals surface area contributed by atoms with Gasteiger partial charge in [-0.15, -0.1) is 0 Å². The molecule has 3 rings (SSSR count). The van der Waals surface area contributed by atoms with E-state index in [4.69, 9.17) is 5.73 Å². The standard InChI is InChI=1S/C17H18F2N6O/c1-2-24-10-13(9-21-24)11-4-3-5-14(6-11)25-15(22-23-17(25)26)7-12(8-20)16(18)19/h3-6,9-10H,2,7-8,20H2,1H3,(H,23,26). The Bertz CT molecular complexity index is 997. The van der Waals surface area contributed by atoms with Gasteiger partial charge in [-0.25, -0.2) is 14.5 Å². The first-order chi connectivity index (χ1) is 12.5. The molecule has 0 saturated carbocycles. The van der Waals surface area contributed by atoms with Gasteiger partial charge in [0.05, 0.1) is 11.9 Å². The summed E-state index contributed by atoms with van der Waals surface area (Å²) in [5, 5.41) is 10.4. The van der Waals surface area contributed by atoms with Crippen LogP contribution < -0.4 is 11.4 Å². The Morgan fingerprint density at radius 3 is 2.77 bits per heavy atom. The highest BCUT2D eigenvalue weighted by atomic mass is 19.3. The van der Waals surface area contributed by atoms with Gasteiger partial charge < -0.3 is 5.73 Å². The molecule has 2 heterocycles. The van der Waals surface area contributed by atoms with Crippen molar-refractivity contribution in [3.05, 3.63) is 64.6 Å².